The van der Waals surface area contributed by atoms with Crippen LogP contribution < -0.4 is 0 Å². The van der Waals surface area contributed by atoms with Crippen LogP contribution in [0.3, 0.4) is 0 Å². The molecule has 0 aliphatic rings. The Hall–Kier alpha value is -0.391. The number of hydrogen-bond acceptors (Lipinski definition) is 0. The van der Waals surface area contributed by atoms with E-state index in [1.807, 2.05) is 0 Å². The number of alkyl halides is 13. The van der Waals surface area contributed by atoms with E-state index >= 15 is 0 Å². The molecular weight excluding hydrogens is 383 g/mol. The van der Waals surface area contributed by atoms with E-state index in [1.54, 1.807) is 0 Å². The van der Waals surface area contributed by atoms with Crippen LogP contribution in [0.4, 0.5) is 57.1 Å². The third-order valence-electron chi connectivity index (χ3n) is 1.87. The Balaban J connectivity index is 6.08. The van der Waals surface area contributed by atoms with E-state index < -0.39 is 34.7 Å². The molecule has 0 atom stereocenters. The molecule has 0 radical (unpaired) electrons. The number of rotatable bonds is 4. The molecule has 0 heterocycles. The average molecular weight is 383 g/mol. The molecule has 0 aromatic heterocycles. The summed E-state index contributed by atoms with van der Waals surface area (Å²) < 4.78 is 157. The quantitative estimate of drug-likeness (QED) is 0.504. The SMILES string of the molecule is FC(F)(F)C(F)(F)C(F)(F)C(F)(F)C(F)(F)[C](F)(F)[Cu]. The molecule has 0 saturated heterocycles. The monoisotopic (exact) mass is 382 g/mol. The molecule has 0 saturated carbocycles. The van der Waals surface area contributed by atoms with Crippen LogP contribution in [0.15, 0.2) is 0 Å². The predicted octanol–water partition coefficient (Wildman–Crippen LogP) is 4.23. The summed E-state index contributed by atoms with van der Waals surface area (Å²) in [6.45, 7) is 0. The minimum atomic E-state index is -7.87. The van der Waals surface area contributed by atoms with Gasteiger partial charge in [0.2, 0.25) is 0 Å². The van der Waals surface area contributed by atoms with Crippen LogP contribution in [0.2, 0.25) is 0 Å². The molecule has 0 unspecified atom stereocenters. The Morgan fingerprint density at radius 3 is 0.850 bits per heavy atom. The van der Waals surface area contributed by atoms with Crippen molar-refractivity contribution in [3.05, 3.63) is 0 Å². The first-order chi connectivity index (χ1) is 8.25. The summed E-state index contributed by atoms with van der Waals surface area (Å²) in [5.41, 5.74) is 0. The van der Waals surface area contributed by atoms with E-state index in [-0.39, 0.29) is 0 Å². The Labute approximate surface area is 109 Å². The van der Waals surface area contributed by atoms with Gasteiger partial charge >= 0.3 is 108 Å². The fourth-order valence-corrected chi connectivity index (χ4v) is 0.886. The molecule has 0 N–H and O–H groups in total. The standard InChI is InChI=1S/C6F13.Cu/c7-1(8)2(9,10)3(11,12)4(13,14)5(15,16)6(17,18)19;. The third-order valence-corrected chi connectivity index (χ3v) is 2.17. The molecule has 0 spiro atoms. The second-order valence-electron chi connectivity index (χ2n) is 3.25. The molecule has 0 bridgehead atoms. The van der Waals surface area contributed by atoms with Gasteiger partial charge in [-0.15, -0.1) is 0 Å². The molecule has 0 aromatic carbocycles. The van der Waals surface area contributed by atoms with Crippen LogP contribution in [0.25, 0.3) is 0 Å². The van der Waals surface area contributed by atoms with Gasteiger partial charge in [0.25, 0.3) is 0 Å². The summed E-state index contributed by atoms with van der Waals surface area (Å²) in [7, 11) is 0. The van der Waals surface area contributed by atoms with Crippen molar-refractivity contribution in [1.29, 1.82) is 0 Å². The molecule has 0 aliphatic heterocycles. The molecule has 0 nitrogen and oxygen atoms in total. The van der Waals surface area contributed by atoms with E-state index in [4.69, 9.17) is 0 Å². The number of hydrogen-bond donors (Lipinski definition) is 0. The summed E-state index contributed by atoms with van der Waals surface area (Å²) >= 11 is 2.60. The molecule has 126 valence electrons. The summed E-state index contributed by atoms with van der Waals surface area (Å²) in [4.78, 5) is -6.42. The fraction of sp³-hybridized carbons (Fsp3) is 1.00. The summed E-state index contributed by atoms with van der Waals surface area (Å²) in [5.74, 6) is -30.7. The van der Waals surface area contributed by atoms with Gasteiger partial charge in [0.1, 0.15) is 0 Å². The zero-order valence-electron chi connectivity index (χ0n) is 8.22. The Morgan fingerprint density at radius 2 is 0.650 bits per heavy atom. The van der Waals surface area contributed by atoms with E-state index in [2.05, 4.69) is 16.0 Å². The average Bonchev–Trinajstić information content (AvgIpc) is 2.12. The maximum absolute atomic E-state index is 12.5. The van der Waals surface area contributed by atoms with Crippen LogP contribution in [-0.4, -0.2) is 34.7 Å². The van der Waals surface area contributed by atoms with Crippen LogP contribution in [0, 0.1) is 0 Å². The van der Waals surface area contributed by atoms with Crippen molar-refractivity contribution in [2.24, 2.45) is 0 Å². The molecule has 0 amide bonds. The van der Waals surface area contributed by atoms with Gasteiger partial charge in [-0.1, -0.05) is 0 Å². The van der Waals surface area contributed by atoms with Gasteiger partial charge in [-0.3, -0.25) is 0 Å². The van der Waals surface area contributed by atoms with Gasteiger partial charge in [0.15, 0.2) is 0 Å². The summed E-state index contributed by atoms with van der Waals surface area (Å²) in [6.07, 6.45) is -7.40. The van der Waals surface area contributed by atoms with Gasteiger partial charge in [-0.05, 0) is 0 Å². The Morgan fingerprint density at radius 1 is 0.400 bits per heavy atom. The van der Waals surface area contributed by atoms with E-state index in [0.29, 0.717) is 0 Å². The molecule has 0 fully saturated rings. The van der Waals surface area contributed by atoms with Crippen molar-refractivity contribution in [2.45, 2.75) is 34.7 Å². The van der Waals surface area contributed by atoms with Gasteiger partial charge in [-0.2, -0.15) is 0 Å². The Bertz CT molecular complexity index is 324. The maximum atomic E-state index is 12.5. The first-order valence-electron chi connectivity index (χ1n) is 3.86. The van der Waals surface area contributed by atoms with Crippen LogP contribution in [-0.2, 0) is 16.0 Å². The normalized spacial score (nSPS) is 16.6. The van der Waals surface area contributed by atoms with Crippen molar-refractivity contribution < 1.29 is 73.1 Å². The summed E-state index contributed by atoms with van der Waals surface area (Å²) in [6, 6.07) is 0. The first-order valence-corrected chi connectivity index (χ1v) is 4.33. The third kappa shape index (κ3) is 2.44. The number of halogens is 13. The zero-order valence-corrected chi connectivity index (χ0v) is 9.16. The first kappa shape index (κ1) is 19.6. The second-order valence-corrected chi connectivity index (χ2v) is 3.84. The van der Waals surface area contributed by atoms with Gasteiger partial charge in [-0.25, -0.2) is 0 Å². The second kappa shape index (κ2) is 4.55. The van der Waals surface area contributed by atoms with E-state index in [1.165, 1.54) is 0 Å². The predicted molar refractivity (Wildman–Crippen MR) is 30.8 cm³/mol. The van der Waals surface area contributed by atoms with Crippen LogP contribution in [0.1, 0.15) is 0 Å². The van der Waals surface area contributed by atoms with Crippen molar-refractivity contribution in [3.8, 4) is 0 Å². The van der Waals surface area contributed by atoms with Crippen molar-refractivity contribution in [2.75, 3.05) is 0 Å². The van der Waals surface area contributed by atoms with E-state index in [9.17, 15) is 57.1 Å². The molecule has 0 aliphatic carbocycles. The van der Waals surface area contributed by atoms with E-state index in [0.717, 1.165) is 0 Å². The van der Waals surface area contributed by atoms with Gasteiger partial charge in [0.05, 0.1) is 0 Å². The van der Waals surface area contributed by atoms with Gasteiger partial charge < -0.3 is 0 Å². The fourth-order valence-electron chi connectivity index (χ4n) is 0.738. The van der Waals surface area contributed by atoms with Crippen LogP contribution in [0.5, 0.6) is 0 Å². The molecule has 20 heavy (non-hydrogen) atoms. The molecule has 0 rings (SSSR count). The van der Waals surface area contributed by atoms with Crippen molar-refractivity contribution >= 4 is 0 Å². The van der Waals surface area contributed by atoms with Crippen LogP contribution >= 0.6 is 0 Å². The molecular formula is C6CuF13. The van der Waals surface area contributed by atoms with Crippen molar-refractivity contribution in [3.63, 3.8) is 0 Å². The zero-order chi connectivity index (χ0) is 17.0. The topological polar surface area (TPSA) is 0 Å². The van der Waals surface area contributed by atoms with Crippen molar-refractivity contribution in [1.82, 2.24) is 0 Å². The molecule has 0 aromatic rings. The van der Waals surface area contributed by atoms with Gasteiger partial charge in [0, 0.05) is 0 Å². The molecule has 14 heteroatoms. The minimum absolute atomic E-state index is 2.60. The summed E-state index contributed by atoms with van der Waals surface area (Å²) in [5, 5.41) is 0. The Kier molecular flexibility index (Phi) is 4.46.